The topological polar surface area (TPSA) is 49.8 Å². The summed E-state index contributed by atoms with van der Waals surface area (Å²) in [5, 5.41) is 8.60. The highest BCUT2D eigenvalue weighted by Crippen LogP contribution is 2.29. The first-order chi connectivity index (χ1) is 15.6. The molecule has 4 rings (SSSR count). The van der Waals surface area contributed by atoms with Crippen molar-refractivity contribution in [3.05, 3.63) is 65.0 Å². The lowest BCUT2D eigenvalue weighted by Gasteiger charge is -2.20. The largest absolute Gasteiger partial charge is 0.486 e. The summed E-state index contributed by atoms with van der Waals surface area (Å²) in [5.74, 6) is 0.546. The summed E-state index contributed by atoms with van der Waals surface area (Å²) < 4.78 is 19.4. The van der Waals surface area contributed by atoms with Crippen molar-refractivity contribution in [2.75, 3.05) is 13.7 Å². The number of carbonyl (C=O) groups is 1. The molecule has 1 fully saturated rings. The fraction of sp³-hybridized carbons (Fsp3) is 0.519. The number of rotatable bonds is 6. The molecule has 0 unspecified atom stereocenters. The van der Waals surface area contributed by atoms with Crippen LogP contribution >= 0.6 is 0 Å². The molecule has 0 spiro atoms. The molecular weight excluding hydrogens is 405 g/mol. The van der Waals surface area contributed by atoms with Crippen molar-refractivity contribution >= 4 is 5.91 Å². The number of carbonyl (C=O) groups excluding carboxylic acids is 1. The molecule has 1 aliphatic carbocycles. The van der Waals surface area contributed by atoms with Crippen LogP contribution in [0.2, 0.25) is 0 Å². The van der Waals surface area contributed by atoms with Crippen LogP contribution in [-0.4, -0.2) is 29.6 Å². The van der Waals surface area contributed by atoms with E-state index in [1.165, 1.54) is 50.7 Å². The molecule has 1 N–H and O–H groups in total. The third-order valence-electron chi connectivity index (χ3n) is 5.87. The van der Waals surface area contributed by atoms with E-state index in [-0.39, 0.29) is 18.3 Å². The van der Waals surface area contributed by atoms with Gasteiger partial charge in [0.1, 0.15) is 6.61 Å². The van der Waals surface area contributed by atoms with Gasteiger partial charge in [0, 0.05) is 25.8 Å². The number of hydrogen-bond acceptors (Lipinski definition) is 3. The van der Waals surface area contributed by atoms with Crippen LogP contribution in [-0.2, 0) is 13.2 Å². The highest BCUT2D eigenvalue weighted by molar-refractivity contribution is 5.98. The van der Waals surface area contributed by atoms with Crippen molar-refractivity contribution in [3.63, 3.8) is 0 Å². The van der Waals surface area contributed by atoms with Crippen LogP contribution < -0.4 is 4.74 Å². The van der Waals surface area contributed by atoms with E-state index in [2.05, 4.69) is 0 Å². The minimum absolute atomic E-state index is 0.0930. The first-order valence-electron chi connectivity index (χ1n) is 11.9. The summed E-state index contributed by atoms with van der Waals surface area (Å²) in [6.45, 7) is 5.11. The maximum absolute atomic E-state index is 13.9. The Morgan fingerprint density at radius 1 is 1.09 bits per heavy atom. The summed E-state index contributed by atoms with van der Waals surface area (Å²) in [6, 6.07) is 12.4. The van der Waals surface area contributed by atoms with Crippen molar-refractivity contribution in [1.82, 2.24) is 4.90 Å². The number of fused-ring (bicyclic) bond motifs is 1. The number of halogens is 1. The predicted octanol–water partition coefficient (Wildman–Crippen LogP) is 6.36. The van der Waals surface area contributed by atoms with Crippen molar-refractivity contribution in [1.29, 1.82) is 0 Å². The third kappa shape index (κ3) is 7.63. The van der Waals surface area contributed by atoms with Gasteiger partial charge in [-0.15, -0.1) is 0 Å². The molecule has 0 radical (unpaired) electrons. The molecule has 32 heavy (non-hydrogen) atoms. The van der Waals surface area contributed by atoms with Crippen LogP contribution in [0.4, 0.5) is 4.39 Å². The Labute approximate surface area is 192 Å². The molecule has 0 atom stereocenters. The average Bonchev–Trinajstić information content (AvgIpc) is 3.11. The highest BCUT2D eigenvalue weighted by Gasteiger charge is 2.26. The summed E-state index contributed by atoms with van der Waals surface area (Å²) in [4.78, 5) is 13.4. The van der Waals surface area contributed by atoms with Gasteiger partial charge < -0.3 is 14.7 Å². The zero-order chi connectivity index (χ0) is 23.3. The molecule has 1 heterocycles. The van der Waals surface area contributed by atoms with Gasteiger partial charge in [0.25, 0.3) is 5.91 Å². The zero-order valence-corrected chi connectivity index (χ0v) is 19.8. The Morgan fingerprint density at radius 2 is 1.78 bits per heavy atom. The lowest BCUT2D eigenvalue weighted by Crippen LogP contribution is -2.17. The molecular formula is C27H38FNO3. The zero-order valence-electron chi connectivity index (χ0n) is 19.8. The monoisotopic (exact) mass is 443 g/mol. The fourth-order valence-corrected chi connectivity index (χ4v) is 4.16. The Morgan fingerprint density at radius 3 is 2.44 bits per heavy atom. The molecule has 1 amide bonds. The van der Waals surface area contributed by atoms with Crippen LogP contribution in [0.3, 0.4) is 0 Å². The van der Waals surface area contributed by atoms with E-state index >= 15 is 0 Å². The minimum atomic E-state index is -0.428. The van der Waals surface area contributed by atoms with Crippen molar-refractivity contribution in [2.45, 2.75) is 71.9 Å². The van der Waals surface area contributed by atoms with Gasteiger partial charge in [0.05, 0.1) is 0 Å². The molecule has 2 aromatic rings. The number of aliphatic hydroxyl groups is 1. The quantitative estimate of drug-likeness (QED) is 0.565. The molecule has 176 valence electrons. The highest BCUT2D eigenvalue weighted by atomic mass is 19.1. The van der Waals surface area contributed by atoms with Gasteiger partial charge in [0.2, 0.25) is 0 Å². The molecule has 0 aromatic heterocycles. The summed E-state index contributed by atoms with van der Waals surface area (Å²) in [6.07, 6.45) is 9.41. The minimum Gasteiger partial charge on any atom is -0.486 e. The number of aliphatic hydroxyl groups excluding tert-OH is 1. The van der Waals surface area contributed by atoms with Gasteiger partial charge in [-0.2, -0.15) is 0 Å². The van der Waals surface area contributed by atoms with Gasteiger partial charge in [-0.05, 0) is 42.0 Å². The van der Waals surface area contributed by atoms with E-state index in [0.29, 0.717) is 24.3 Å². The smallest absolute Gasteiger partial charge is 0.254 e. The van der Waals surface area contributed by atoms with Crippen molar-refractivity contribution in [2.24, 2.45) is 5.92 Å². The van der Waals surface area contributed by atoms with Gasteiger partial charge in [-0.1, -0.05) is 76.3 Å². The Hall–Kier alpha value is -2.40. The fourth-order valence-electron chi connectivity index (χ4n) is 4.16. The molecule has 0 saturated heterocycles. The number of ether oxygens (including phenoxy) is 1. The third-order valence-corrected chi connectivity index (χ3v) is 5.87. The maximum atomic E-state index is 13.9. The number of nitrogens with zero attached hydrogens (tertiary/aromatic N) is 1. The first kappa shape index (κ1) is 25.9. The molecule has 2 aromatic carbocycles. The molecule has 1 saturated carbocycles. The second kappa shape index (κ2) is 13.9. The second-order valence-corrected chi connectivity index (χ2v) is 8.25. The Kier molecular flexibility index (Phi) is 11.2. The van der Waals surface area contributed by atoms with Crippen LogP contribution in [0.5, 0.6) is 5.75 Å². The van der Waals surface area contributed by atoms with Crippen LogP contribution in [0.15, 0.2) is 42.5 Å². The average molecular weight is 444 g/mol. The normalized spacial score (nSPS) is 15.3. The van der Waals surface area contributed by atoms with E-state index in [9.17, 15) is 9.18 Å². The summed E-state index contributed by atoms with van der Waals surface area (Å²) >= 11 is 0. The first-order valence-corrected chi connectivity index (χ1v) is 11.9. The molecule has 4 nitrogen and oxygen atoms in total. The van der Waals surface area contributed by atoms with Crippen molar-refractivity contribution in [3.8, 4) is 5.75 Å². The van der Waals surface area contributed by atoms with Gasteiger partial charge >= 0.3 is 0 Å². The lowest BCUT2D eigenvalue weighted by molar-refractivity contribution is 0.0816. The number of amides is 1. The molecule has 0 bridgehead atoms. The summed E-state index contributed by atoms with van der Waals surface area (Å²) in [7, 11) is 1.70. The second-order valence-electron chi connectivity index (χ2n) is 8.25. The van der Waals surface area contributed by atoms with Crippen LogP contribution in [0.25, 0.3) is 0 Å². The summed E-state index contributed by atoms with van der Waals surface area (Å²) in [5.41, 5.74) is 2.19. The molecule has 1 aliphatic heterocycles. The maximum Gasteiger partial charge on any atom is 0.254 e. The van der Waals surface area contributed by atoms with Gasteiger partial charge in [-0.25, -0.2) is 4.39 Å². The van der Waals surface area contributed by atoms with E-state index in [0.717, 1.165) is 17.9 Å². The Bertz CT molecular complexity index is 819. The van der Waals surface area contributed by atoms with E-state index in [1.807, 2.05) is 44.2 Å². The standard InChI is InChI=1S/C16H14FNO2.C9H18O.C2H6/c1-18-9-12-7-14(17)15(8-13(12)16(18)19)20-10-11-5-3-2-4-6-11;10-8-4-7-9-5-2-1-3-6-9;1-2/h2-8H,9-10H2,1H3;9-10H,1-8H2;1-2H3. The predicted molar refractivity (Wildman–Crippen MR) is 127 cm³/mol. The number of benzene rings is 2. The van der Waals surface area contributed by atoms with E-state index < -0.39 is 5.82 Å². The molecule has 5 heteroatoms. The molecule has 2 aliphatic rings. The van der Waals surface area contributed by atoms with Gasteiger partial charge in [-0.3, -0.25) is 4.79 Å². The Balaban J connectivity index is 0.000000255. The van der Waals surface area contributed by atoms with Crippen LogP contribution in [0.1, 0.15) is 80.3 Å². The number of hydrogen-bond donors (Lipinski definition) is 1. The van der Waals surface area contributed by atoms with E-state index in [4.69, 9.17) is 9.84 Å². The van der Waals surface area contributed by atoms with Crippen LogP contribution in [0, 0.1) is 11.7 Å². The SMILES string of the molecule is CC.CN1Cc2cc(F)c(OCc3ccccc3)cc2C1=O.OCCCC1CCCCC1. The lowest BCUT2D eigenvalue weighted by atomic mass is 9.86. The van der Waals surface area contributed by atoms with Crippen molar-refractivity contribution < 1.29 is 19.0 Å². The van der Waals surface area contributed by atoms with E-state index in [1.54, 1.807) is 11.9 Å². The van der Waals surface area contributed by atoms with Gasteiger partial charge in [0.15, 0.2) is 11.6 Å².